The lowest BCUT2D eigenvalue weighted by Gasteiger charge is -2.42. The predicted octanol–water partition coefficient (Wildman–Crippen LogP) is 1.81. The number of hydrogen-bond acceptors (Lipinski definition) is 4. The maximum absolute atomic E-state index is 12.7. The average Bonchev–Trinajstić information content (AvgIpc) is 2.86. The van der Waals surface area contributed by atoms with Crippen molar-refractivity contribution in [1.82, 2.24) is 15.2 Å². The van der Waals surface area contributed by atoms with E-state index < -0.39 is 12.1 Å². The molecule has 21 heavy (non-hydrogen) atoms. The van der Waals surface area contributed by atoms with Gasteiger partial charge in [0.1, 0.15) is 23.9 Å². The molecule has 1 aromatic rings. The van der Waals surface area contributed by atoms with Crippen molar-refractivity contribution in [3.05, 3.63) is 17.8 Å². The zero-order valence-corrected chi connectivity index (χ0v) is 13.2. The summed E-state index contributed by atoms with van der Waals surface area (Å²) in [6.07, 6.45) is 2.19. The molecule has 0 aliphatic carbocycles. The Balaban J connectivity index is 2.35. The number of aryl methyl sites for hydroxylation is 1. The van der Waals surface area contributed by atoms with Crippen LogP contribution in [-0.4, -0.2) is 33.8 Å². The SMILES string of the molecule is CCC1C(=O)NC(C(C)C)C(=O)N1C(C)c1ncc(C)o1. The summed E-state index contributed by atoms with van der Waals surface area (Å²) in [7, 11) is 0. The van der Waals surface area contributed by atoms with Gasteiger partial charge in [-0.1, -0.05) is 20.8 Å². The third kappa shape index (κ3) is 2.80. The molecule has 1 fully saturated rings. The van der Waals surface area contributed by atoms with Crippen LogP contribution in [0.5, 0.6) is 0 Å². The van der Waals surface area contributed by atoms with E-state index in [1.165, 1.54) is 0 Å². The second-order valence-corrected chi connectivity index (χ2v) is 5.88. The fourth-order valence-corrected chi connectivity index (χ4v) is 2.73. The van der Waals surface area contributed by atoms with Crippen molar-refractivity contribution in [2.45, 2.75) is 59.2 Å². The van der Waals surface area contributed by atoms with Crippen molar-refractivity contribution in [3.63, 3.8) is 0 Å². The van der Waals surface area contributed by atoms with Crippen LogP contribution in [0.2, 0.25) is 0 Å². The number of nitrogens with zero attached hydrogens (tertiary/aromatic N) is 2. The summed E-state index contributed by atoms with van der Waals surface area (Å²) in [4.78, 5) is 30.8. The molecular weight excluding hydrogens is 270 g/mol. The van der Waals surface area contributed by atoms with Crippen molar-refractivity contribution in [2.75, 3.05) is 0 Å². The molecule has 1 saturated heterocycles. The highest BCUT2D eigenvalue weighted by atomic mass is 16.4. The summed E-state index contributed by atoms with van der Waals surface area (Å²) in [5.41, 5.74) is 0. The smallest absolute Gasteiger partial charge is 0.246 e. The normalized spacial score (nSPS) is 24.4. The molecule has 1 N–H and O–H groups in total. The Bertz CT molecular complexity index is 538. The molecule has 0 aromatic carbocycles. The van der Waals surface area contributed by atoms with Crippen molar-refractivity contribution < 1.29 is 14.0 Å². The molecule has 6 nitrogen and oxygen atoms in total. The minimum absolute atomic E-state index is 0.0419. The molecule has 2 rings (SSSR count). The molecule has 6 heteroatoms. The van der Waals surface area contributed by atoms with Crippen molar-refractivity contribution in [3.8, 4) is 0 Å². The highest BCUT2D eigenvalue weighted by Crippen LogP contribution is 2.28. The van der Waals surface area contributed by atoms with E-state index in [9.17, 15) is 9.59 Å². The van der Waals surface area contributed by atoms with Crippen molar-refractivity contribution in [2.24, 2.45) is 5.92 Å². The number of aromatic nitrogens is 1. The standard InChI is InChI=1S/C15H23N3O3/c1-6-11-13(19)17-12(8(2)3)15(20)18(11)10(5)14-16-7-9(4)21-14/h7-8,10-12H,6H2,1-5H3,(H,17,19). The lowest BCUT2D eigenvalue weighted by Crippen LogP contribution is -2.64. The van der Waals surface area contributed by atoms with Gasteiger partial charge in [-0.3, -0.25) is 9.59 Å². The van der Waals surface area contributed by atoms with Gasteiger partial charge in [0.15, 0.2) is 0 Å². The molecule has 0 bridgehead atoms. The van der Waals surface area contributed by atoms with Crippen LogP contribution >= 0.6 is 0 Å². The maximum Gasteiger partial charge on any atom is 0.246 e. The first-order valence-corrected chi connectivity index (χ1v) is 7.41. The second-order valence-electron chi connectivity index (χ2n) is 5.88. The quantitative estimate of drug-likeness (QED) is 0.918. The van der Waals surface area contributed by atoms with Gasteiger partial charge in [-0.25, -0.2) is 4.98 Å². The first kappa shape index (κ1) is 15.5. The Morgan fingerprint density at radius 1 is 1.38 bits per heavy atom. The number of oxazole rings is 1. The third-order valence-corrected chi connectivity index (χ3v) is 3.92. The van der Waals surface area contributed by atoms with Crippen LogP contribution in [0.15, 0.2) is 10.6 Å². The first-order valence-electron chi connectivity index (χ1n) is 7.41. The molecule has 3 atom stereocenters. The molecule has 2 amide bonds. The Morgan fingerprint density at radius 3 is 2.52 bits per heavy atom. The molecule has 0 spiro atoms. The fourth-order valence-electron chi connectivity index (χ4n) is 2.73. The van der Waals surface area contributed by atoms with Crippen LogP contribution in [0.3, 0.4) is 0 Å². The number of hydrogen-bond donors (Lipinski definition) is 1. The van der Waals surface area contributed by atoms with Gasteiger partial charge in [0.25, 0.3) is 0 Å². The first-order chi connectivity index (χ1) is 9.86. The van der Waals surface area contributed by atoms with E-state index in [0.717, 1.165) is 0 Å². The zero-order valence-electron chi connectivity index (χ0n) is 13.2. The average molecular weight is 293 g/mol. The van der Waals surface area contributed by atoms with Gasteiger partial charge in [0, 0.05) is 0 Å². The highest BCUT2D eigenvalue weighted by molar-refractivity contribution is 5.97. The van der Waals surface area contributed by atoms with Gasteiger partial charge in [-0.2, -0.15) is 0 Å². The van der Waals surface area contributed by atoms with E-state index in [2.05, 4.69) is 10.3 Å². The van der Waals surface area contributed by atoms with Gasteiger partial charge < -0.3 is 14.6 Å². The van der Waals surface area contributed by atoms with Crippen LogP contribution in [0, 0.1) is 12.8 Å². The monoisotopic (exact) mass is 293 g/mol. The van der Waals surface area contributed by atoms with Crippen LogP contribution in [0.1, 0.15) is 51.8 Å². The van der Waals surface area contributed by atoms with E-state index >= 15 is 0 Å². The van der Waals surface area contributed by atoms with E-state index in [4.69, 9.17) is 4.42 Å². The van der Waals surface area contributed by atoms with Gasteiger partial charge in [-0.15, -0.1) is 0 Å². The molecule has 1 aliphatic rings. The summed E-state index contributed by atoms with van der Waals surface area (Å²) in [5, 5.41) is 2.83. The zero-order chi connectivity index (χ0) is 15.7. The summed E-state index contributed by atoms with van der Waals surface area (Å²) in [5.74, 6) is 1.03. The second kappa shape index (κ2) is 5.87. The Kier molecular flexibility index (Phi) is 4.34. The minimum Gasteiger partial charge on any atom is -0.444 e. The number of rotatable bonds is 4. The van der Waals surface area contributed by atoms with Crippen molar-refractivity contribution >= 4 is 11.8 Å². The summed E-state index contributed by atoms with van der Waals surface area (Å²) in [6, 6.07) is -1.32. The fraction of sp³-hybridized carbons (Fsp3) is 0.667. The van der Waals surface area contributed by atoms with Gasteiger partial charge in [-0.05, 0) is 26.2 Å². The molecule has 2 heterocycles. The van der Waals surface area contributed by atoms with Gasteiger partial charge in [0.05, 0.1) is 6.20 Å². The topological polar surface area (TPSA) is 75.4 Å². The predicted molar refractivity (Wildman–Crippen MR) is 77.3 cm³/mol. The largest absolute Gasteiger partial charge is 0.444 e. The Labute approximate surface area is 124 Å². The number of carbonyl (C=O) groups excluding carboxylic acids is 2. The Hall–Kier alpha value is -1.85. The number of carbonyl (C=O) groups is 2. The van der Waals surface area contributed by atoms with Crippen LogP contribution < -0.4 is 5.32 Å². The lowest BCUT2D eigenvalue weighted by molar-refractivity contribution is -0.154. The molecule has 0 radical (unpaired) electrons. The lowest BCUT2D eigenvalue weighted by atomic mass is 9.95. The highest BCUT2D eigenvalue weighted by Gasteiger charge is 2.44. The van der Waals surface area contributed by atoms with E-state index in [1.807, 2.05) is 34.6 Å². The molecule has 0 saturated carbocycles. The summed E-state index contributed by atoms with van der Waals surface area (Å²) in [6.45, 7) is 9.40. The molecule has 1 aromatic heterocycles. The van der Waals surface area contributed by atoms with Crippen molar-refractivity contribution in [1.29, 1.82) is 0 Å². The summed E-state index contributed by atoms with van der Waals surface area (Å²) < 4.78 is 5.53. The Morgan fingerprint density at radius 2 is 2.05 bits per heavy atom. The van der Waals surface area contributed by atoms with E-state index in [1.54, 1.807) is 11.1 Å². The van der Waals surface area contributed by atoms with Crippen LogP contribution in [0.25, 0.3) is 0 Å². The minimum atomic E-state index is -0.487. The van der Waals surface area contributed by atoms with Gasteiger partial charge in [0.2, 0.25) is 17.7 Å². The molecular formula is C15H23N3O3. The summed E-state index contributed by atoms with van der Waals surface area (Å²) >= 11 is 0. The van der Waals surface area contributed by atoms with E-state index in [-0.39, 0.29) is 23.8 Å². The number of piperazine rings is 1. The van der Waals surface area contributed by atoms with Crippen LogP contribution in [0.4, 0.5) is 0 Å². The van der Waals surface area contributed by atoms with E-state index in [0.29, 0.717) is 18.1 Å². The third-order valence-electron chi connectivity index (χ3n) is 3.92. The molecule has 1 aliphatic heterocycles. The number of nitrogens with one attached hydrogen (secondary N) is 1. The molecule has 3 unspecified atom stereocenters. The van der Waals surface area contributed by atoms with Gasteiger partial charge >= 0.3 is 0 Å². The maximum atomic E-state index is 12.7. The molecule has 116 valence electrons. The van der Waals surface area contributed by atoms with Crippen LogP contribution in [-0.2, 0) is 9.59 Å². The number of amides is 2.